The zero-order chi connectivity index (χ0) is 13.7. The topological polar surface area (TPSA) is 47.3 Å². The minimum atomic E-state index is -0.493. The average Bonchev–Trinajstić information content (AvgIpc) is 2.63. The molecule has 104 valence electrons. The molecule has 1 aromatic rings. The maximum Gasteiger partial charge on any atom is 0.0857 e. The number of aliphatic hydroxyl groups excluding tert-OH is 1. The summed E-state index contributed by atoms with van der Waals surface area (Å²) < 4.78 is 8.48. The van der Waals surface area contributed by atoms with Gasteiger partial charge >= 0.3 is 0 Å². The molecule has 5 heteroatoms. The van der Waals surface area contributed by atoms with Crippen LogP contribution in [0.15, 0.2) is 4.47 Å². The van der Waals surface area contributed by atoms with Gasteiger partial charge in [-0.3, -0.25) is 4.68 Å². The molecule has 0 aliphatic carbocycles. The highest BCUT2D eigenvalue weighted by atomic mass is 79.9. The molecule has 0 radical (unpaired) electrons. The summed E-state index contributed by atoms with van der Waals surface area (Å²) in [7, 11) is 0. The predicted octanol–water partition coefficient (Wildman–Crippen LogP) is 2.69. The summed E-state index contributed by atoms with van der Waals surface area (Å²) in [6, 6.07) is 0. The molecule has 4 nitrogen and oxygen atoms in total. The summed E-state index contributed by atoms with van der Waals surface area (Å²) in [5.41, 5.74) is 2.00. The number of aryl methyl sites for hydroxylation is 2. The van der Waals surface area contributed by atoms with Crippen molar-refractivity contribution in [2.75, 3.05) is 6.61 Å². The molecule has 0 aliphatic heterocycles. The van der Waals surface area contributed by atoms with Gasteiger partial charge in [-0.25, -0.2) is 0 Å². The predicted molar refractivity (Wildman–Crippen MR) is 75.8 cm³/mol. The van der Waals surface area contributed by atoms with Gasteiger partial charge in [0.05, 0.1) is 28.1 Å². The fourth-order valence-corrected chi connectivity index (χ4v) is 2.55. The van der Waals surface area contributed by atoms with Crippen molar-refractivity contribution in [3.05, 3.63) is 15.9 Å². The van der Waals surface area contributed by atoms with E-state index in [-0.39, 0.29) is 6.10 Å². The zero-order valence-corrected chi connectivity index (χ0v) is 13.2. The molecule has 0 bridgehead atoms. The van der Waals surface area contributed by atoms with Crippen molar-refractivity contribution in [1.29, 1.82) is 0 Å². The molecule has 18 heavy (non-hydrogen) atoms. The first-order valence-electron chi connectivity index (χ1n) is 6.56. The van der Waals surface area contributed by atoms with Gasteiger partial charge in [0.15, 0.2) is 0 Å². The number of rotatable bonds is 7. The van der Waals surface area contributed by atoms with Crippen LogP contribution in [0.4, 0.5) is 0 Å². The Hall–Kier alpha value is -0.390. The smallest absolute Gasteiger partial charge is 0.0857 e. The van der Waals surface area contributed by atoms with E-state index in [2.05, 4.69) is 28.0 Å². The highest BCUT2D eigenvalue weighted by Crippen LogP contribution is 2.23. The van der Waals surface area contributed by atoms with Crippen molar-refractivity contribution in [1.82, 2.24) is 9.78 Å². The lowest BCUT2D eigenvalue weighted by Gasteiger charge is -2.21. The molecule has 1 heterocycles. The summed E-state index contributed by atoms with van der Waals surface area (Å²) in [5, 5.41) is 14.7. The molecule has 0 saturated carbocycles. The number of halogens is 1. The summed E-state index contributed by atoms with van der Waals surface area (Å²) >= 11 is 3.55. The number of nitrogens with zero attached hydrogens (tertiary/aromatic N) is 2. The molecule has 0 aliphatic rings. The maximum atomic E-state index is 10.3. The van der Waals surface area contributed by atoms with Crippen molar-refractivity contribution in [3.63, 3.8) is 0 Å². The molecule has 1 aromatic heterocycles. The van der Waals surface area contributed by atoms with Crippen LogP contribution in [0.1, 0.15) is 38.6 Å². The van der Waals surface area contributed by atoms with E-state index >= 15 is 0 Å². The van der Waals surface area contributed by atoms with Crippen molar-refractivity contribution in [2.24, 2.45) is 0 Å². The number of aliphatic hydroxyl groups is 1. The summed E-state index contributed by atoms with van der Waals surface area (Å²) in [5.74, 6) is 0. The Labute approximate surface area is 117 Å². The van der Waals surface area contributed by atoms with Crippen LogP contribution in [0.25, 0.3) is 0 Å². The van der Waals surface area contributed by atoms with Gasteiger partial charge in [-0.15, -0.1) is 0 Å². The maximum absolute atomic E-state index is 10.3. The van der Waals surface area contributed by atoms with Gasteiger partial charge in [-0.2, -0.15) is 5.10 Å². The Morgan fingerprint density at radius 1 is 1.39 bits per heavy atom. The molecular formula is C13H23BrN2O2. The average molecular weight is 319 g/mol. The molecule has 2 atom stereocenters. The van der Waals surface area contributed by atoms with E-state index < -0.39 is 6.10 Å². The number of hydrogen-bond acceptors (Lipinski definition) is 3. The van der Waals surface area contributed by atoms with Crippen molar-refractivity contribution in [2.45, 2.75) is 59.3 Å². The summed E-state index contributed by atoms with van der Waals surface area (Å²) in [6.45, 7) is 9.43. The molecule has 0 aromatic carbocycles. The van der Waals surface area contributed by atoms with Crippen molar-refractivity contribution < 1.29 is 9.84 Å². The SMILES string of the molecule is CCOC(CC)C(O)Cc1c(Br)c(C)nn1CC. The van der Waals surface area contributed by atoms with Crippen molar-refractivity contribution >= 4 is 15.9 Å². The van der Waals surface area contributed by atoms with Gasteiger partial charge in [-0.1, -0.05) is 6.92 Å². The van der Waals surface area contributed by atoms with Crippen LogP contribution in [0, 0.1) is 6.92 Å². The van der Waals surface area contributed by atoms with Gasteiger partial charge in [0.25, 0.3) is 0 Å². The van der Waals surface area contributed by atoms with Crippen LogP contribution < -0.4 is 0 Å². The second kappa shape index (κ2) is 7.26. The minimum Gasteiger partial charge on any atom is -0.390 e. The van der Waals surface area contributed by atoms with Crippen LogP contribution in [-0.2, 0) is 17.7 Å². The zero-order valence-electron chi connectivity index (χ0n) is 11.6. The Morgan fingerprint density at radius 3 is 2.56 bits per heavy atom. The minimum absolute atomic E-state index is 0.109. The van der Waals surface area contributed by atoms with Crippen LogP contribution in [0.2, 0.25) is 0 Å². The van der Waals surface area contributed by atoms with Crippen LogP contribution in [-0.4, -0.2) is 33.7 Å². The van der Waals surface area contributed by atoms with Gasteiger partial charge in [0.2, 0.25) is 0 Å². The number of aromatic nitrogens is 2. The quantitative estimate of drug-likeness (QED) is 0.840. The van der Waals surface area contributed by atoms with E-state index in [1.54, 1.807) is 0 Å². The van der Waals surface area contributed by atoms with Gasteiger partial charge in [-0.05, 0) is 43.1 Å². The standard InChI is InChI=1S/C13H23BrN2O2/c1-5-12(18-7-3)11(17)8-10-13(14)9(4)15-16(10)6-2/h11-12,17H,5-8H2,1-4H3. The first-order chi connectivity index (χ1) is 8.54. The molecular weight excluding hydrogens is 296 g/mol. The van der Waals surface area contributed by atoms with E-state index in [1.165, 1.54) is 0 Å². The molecule has 2 unspecified atom stereocenters. The van der Waals surface area contributed by atoms with E-state index in [4.69, 9.17) is 4.74 Å². The fourth-order valence-electron chi connectivity index (χ4n) is 2.11. The van der Waals surface area contributed by atoms with Crippen LogP contribution >= 0.6 is 15.9 Å². The van der Waals surface area contributed by atoms with Crippen molar-refractivity contribution in [3.8, 4) is 0 Å². The van der Waals surface area contributed by atoms with E-state index in [0.29, 0.717) is 13.0 Å². The Bertz CT molecular complexity index is 379. The highest BCUT2D eigenvalue weighted by Gasteiger charge is 2.22. The number of ether oxygens (including phenoxy) is 1. The third kappa shape index (κ3) is 3.56. The second-order valence-corrected chi connectivity index (χ2v) is 5.13. The van der Waals surface area contributed by atoms with Crippen LogP contribution in [0.3, 0.4) is 0 Å². The van der Waals surface area contributed by atoms with Gasteiger partial charge in [0, 0.05) is 19.6 Å². The molecule has 0 saturated heterocycles. The highest BCUT2D eigenvalue weighted by molar-refractivity contribution is 9.10. The third-order valence-corrected chi connectivity index (χ3v) is 4.10. The lowest BCUT2D eigenvalue weighted by atomic mass is 10.1. The monoisotopic (exact) mass is 318 g/mol. The summed E-state index contributed by atoms with van der Waals surface area (Å²) in [4.78, 5) is 0. The first kappa shape index (κ1) is 15.7. The Morgan fingerprint density at radius 2 is 2.06 bits per heavy atom. The third-order valence-electron chi connectivity index (χ3n) is 3.07. The number of hydrogen-bond donors (Lipinski definition) is 1. The molecule has 0 amide bonds. The summed E-state index contributed by atoms with van der Waals surface area (Å²) in [6.07, 6.45) is 0.773. The molecule has 1 rings (SSSR count). The van der Waals surface area contributed by atoms with E-state index in [0.717, 1.165) is 28.8 Å². The van der Waals surface area contributed by atoms with E-state index in [9.17, 15) is 5.11 Å². The molecule has 1 N–H and O–H groups in total. The molecule has 0 spiro atoms. The normalized spacial score (nSPS) is 14.8. The first-order valence-corrected chi connectivity index (χ1v) is 7.35. The van der Waals surface area contributed by atoms with E-state index in [1.807, 2.05) is 25.5 Å². The second-order valence-electron chi connectivity index (χ2n) is 4.34. The lowest BCUT2D eigenvalue weighted by molar-refractivity contribution is -0.0342. The fraction of sp³-hybridized carbons (Fsp3) is 0.769. The van der Waals surface area contributed by atoms with Crippen LogP contribution in [0.5, 0.6) is 0 Å². The molecule has 0 fully saturated rings. The van der Waals surface area contributed by atoms with Gasteiger partial charge < -0.3 is 9.84 Å². The Balaban J connectivity index is 2.83. The largest absolute Gasteiger partial charge is 0.390 e. The van der Waals surface area contributed by atoms with Gasteiger partial charge in [0.1, 0.15) is 0 Å². The Kier molecular flexibility index (Phi) is 6.32. The lowest BCUT2D eigenvalue weighted by Crippen LogP contribution is -2.31.